The van der Waals surface area contributed by atoms with Crippen molar-refractivity contribution in [2.75, 3.05) is 13.7 Å². The highest BCUT2D eigenvalue weighted by Crippen LogP contribution is 1.86. The fourth-order valence-corrected chi connectivity index (χ4v) is 0.401. The molecule has 0 saturated carbocycles. The van der Waals surface area contributed by atoms with Crippen LogP contribution >= 0.6 is 0 Å². The van der Waals surface area contributed by atoms with E-state index in [4.69, 9.17) is 5.26 Å². The van der Waals surface area contributed by atoms with Gasteiger partial charge in [0.2, 0.25) is 0 Å². The molecule has 0 radical (unpaired) electrons. The second kappa shape index (κ2) is 6.16. The molecule has 0 unspecified atom stereocenters. The van der Waals surface area contributed by atoms with Gasteiger partial charge < -0.3 is 9.57 Å². The van der Waals surface area contributed by atoms with Crippen LogP contribution in [0.3, 0.4) is 0 Å². The average Bonchev–Trinajstić information content (AvgIpc) is 2.11. The summed E-state index contributed by atoms with van der Waals surface area (Å²) >= 11 is 0. The van der Waals surface area contributed by atoms with Crippen molar-refractivity contribution >= 4 is 11.7 Å². The molecule has 0 aromatic carbocycles. The number of nitrogens with zero attached hydrogens (tertiary/aromatic N) is 2. The van der Waals surface area contributed by atoms with Crippen LogP contribution in [-0.2, 0) is 14.4 Å². The quantitative estimate of drug-likeness (QED) is 0.266. The van der Waals surface area contributed by atoms with Crippen LogP contribution in [-0.4, -0.2) is 25.4 Å². The molecule has 0 aliphatic carbocycles. The second-order valence-electron chi connectivity index (χ2n) is 1.88. The van der Waals surface area contributed by atoms with Crippen molar-refractivity contribution in [1.82, 2.24) is 0 Å². The van der Waals surface area contributed by atoms with E-state index >= 15 is 0 Å². The summed E-state index contributed by atoms with van der Waals surface area (Å²) in [5.41, 5.74) is -0.369. The van der Waals surface area contributed by atoms with Crippen molar-refractivity contribution in [1.29, 1.82) is 5.26 Å². The van der Waals surface area contributed by atoms with Gasteiger partial charge in [0.25, 0.3) is 5.71 Å². The summed E-state index contributed by atoms with van der Waals surface area (Å²) in [5, 5.41) is 11.6. The topological polar surface area (TPSA) is 71.7 Å². The first-order valence-electron chi connectivity index (χ1n) is 3.44. The molecule has 5 heteroatoms. The Bertz CT molecular complexity index is 217. The first-order chi connectivity index (χ1) is 5.76. The molecule has 0 aromatic rings. The maximum atomic E-state index is 10.7. The fourth-order valence-electron chi connectivity index (χ4n) is 0.401. The summed E-state index contributed by atoms with van der Waals surface area (Å²) in [5.74, 6) is -0.784. The third-order valence-electron chi connectivity index (χ3n) is 0.936. The van der Waals surface area contributed by atoms with Gasteiger partial charge in [0.1, 0.15) is 12.7 Å². The Kier molecular flexibility index (Phi) is 5.35. The maximum absolute atomic E-state index is 10.7. The van der Waals surface area contributed by atoms with E-state index in [-0.39, 0.29) is 5.71 Å². The van der Waals surface area contributed by atoms with E-state index < -0.39 is 5.97 Å². The lowest BCUT2D eigenvalue weighted by atomic mass is 10.4. The first-order valence-corrected chi connectivity index (χ1v) is 3.44. The predicted molar refractivity (Wildman–Crippen MR) is 41.3 cm³/mol. The average molecular weight is 170 g/mol. The Balaban J connectivity index is 4.07. The molecule has 0 bridgehead atoms. The Hall–Kier alpha value is -1.57. The molecule has 0 aromatic heterocycles. The largest absolute Gasteiger partial charge is 0.464 e. The minimum atomic E-state index is -0.784. The Morgan fingerprint density at radius 3 is 2.75 bits per heavy atom. The third-order valence-corrected chi connectivity index (χ3v) is 0.936. The van der Waals surface area contributed by atoms with Gasteiger partial charge in [0.05, 0.1) is 7.11 Å². The summed E-state index contributed by atoms with van der Waals surface area (Å²) in [6.45, 7) is 2.27. The third kappa shape index (κ3) is 3.56. The number of oxime groups is 1. The number of esters is 1. The van der Waals surface area contributed by atoms with Gasteiger partial charge >= 0.3 is 5.97 Å². The highest BCUT2D eigenvalue weighted by molar-refractivity contribution is 6.42. The van der Waals surface area contributed by atoms with Crippen molar-refractivity contribution in [2.24, 2.45) is 5.16 Å². The summed E-state index contributed by atoms with van der Waals surface area (Å²) in [7, 11) is 1.18. The Labute approximate surface area is 70.6 Å². The minimum Gasteiger partial charge on any atom is -0.464 e. The molecule has 0 aliphatic rings. The van der Waals surface area contributed by atoms with Gasteiger partial charge in [-0.25, -0.2) is 4.79 Å². The highest BCUT2D eigenvalue weighted by atomic mass is 16.6. The maximum Gasteiger partial charge on any atom is 0.371 e. The number of nitriles is 1. The van der Waals surface area contributed by atoms with E-state index in [0.29, 0.717) is 6.61 Å². The molecule has 66 valence electrons. The second-order valence-corrected chi connectivity index (χ2v) is 1.88. The smallest absolute Gasteiger partial charge is 0.371 e. The van der Waals surface area contributed by atoms with E-state index in [9.17, 15) is 4.79 Å². The van der Waals surface area contributed by atoms with Crippen molar-refractivity contribution in [3.8, 4) is 6.07 Å². The molecule has 0 spiro atoms. The standard InChI is InChI=1S/C7H10N2O3/c1-3-4-12-9-6(5-8)7(10)11-2/h3-4H2,1-2H3/b9-6-. The number of hydrogen-bond donors (Lipinski definition) is 0. The van der Waals surface area contributed by atoms with Gasteiger partial charge in [0.15, 0.2) is 0 Å². The van der Waals surface area contributed by atoms with Crippen LogP contribution in [0.2, 0.25) is 0 Å². The van der Waals surface area contributed by atoms with Gasteiger partial charge in [0, 0.05) is 0 Å². The zero-order chi connectivity index (χ0) is 9.40. The van der Waals surface area contributed by atoms with Crippen LogP contribution in [0, 0.1) is 11.3 Å². The first kappa shape index (κ1) is 10.4. The molecule has 0 atom stereocenters. The number of rotatable bonds is 4. The molecule has 5 nitrogen and oxygen atoms in total. The van der Waals surface area contributed by atoms with Crippen LogP contribution in [0.25, 0.3) is 0 Å². The Morgan fingerprint density at radius 1 is 1.67 bits per heavy atom. The summed E-state index contributed by atoms with van der Waals surface area (Å²) in [6.07, 6.45) is 0.767. The molecule has 0 rings (SSSR count). The zero-order valence-electron chi connectivity index (χ0n) is 7.03. The van der Waals surface area contributed by atoms with Crippen molar-refractivity contribution in [3.63, 3.8) is 0 Å². The van der Waals surface area contributed by atoms with Crippen molar-refractivity contribution in [2.45, 2.75) is 13.3 Å². The molecule has 0 amide bonds. The summed E-state index contributed by atoms with van der Waals surface area (Å²) in [4.78, 5) is 15.3. The van der Waals surface area contributed by atoms with E-state index in [2.05, 4.69) is 14.7 Å². The van der Waals surface area contributed by atoms with E-state index in [0.717, 1.165) is 6.42 Å². The van der Waals surface area contributed by atoms with Gasteiger partial charge in [-0.1, -0.05) is 12.1 Å². The van der Waals surface area contributed by atoms with Crippen LogP contribution < -0.4 is 0 Å². The van der Waals surface area contributed by atoms with E-state index in [1.165, 1.54) is 7.11 Å². The normalized spacial score (nSPS) is 10.2. The van der Waals surface area contributed by atoms with Gasteiger partial charge in [-0.3, -0.25) is 0 Å². The molecular formula is C7H10N2O3. The molecule has 0 aliphatic heterocycles. The van der Waals surface area contributed by atoms with Crippen LogP contribution in [0.5, 0.6) is 0 Å². The number of hydrogen-bond acceptors (Lipinski definition) is 5. The summed E-state index contributed by atoms with van der Waals surface area (Å²) < 4.78 is 4.26. The Morgan fingerprint density at radius 2 is 2.33 bits per heavy atom. The van der Waals surface area contributed by atoms with Crippen LogP contribution in [0.15, 0.2) is 5.16 Å². The molecule has 0 saturated heterocycles. The van der Waals surface area contributed by atoms with Gasteiger partial charge in [-0.2, -0.15) is 5.26 Å². The van der Waals surface area contributed by atoms with Crippen LogP contribution in [0.4, 0.5) is 0 Å². The zero-order valence-corrected chi connectivity index (χ0v) is 7.03. The van der Waals surface area contributed by atoms with Crippen LogP contribution in [0.1, 0.15) is 13.3 Å². The number of carbonyl (C=O) groups excluding carboxylic acids is 1. The molecular weight excluding hydrogens is 160 g/mol. The monoisotopic (exact) mass is 170 g/mol. The predicted octanol–water partition coefficient (Wildman–Crippen LogP) is 0.466. The number of ether oxygens (including phenoxy) is 1. The molecule has 12 heavy (non-hydrogen) atoms. The molecule has 0 heterocycles. The molecule has 0 fully saturated rings. The lowest BCUT2D eigenvalue weighted by Crippen LogP contribution is -2.14. The number of methoxy groups -OCH3 is 1. The van der Waals surface area contributed by atoms with Gasteiger partial charge in [-0.05, 0) is 6.42 Å². The minimum absolute atomic E-state index is 0.369. The lowest BCUT2D eigenvalue weighted by molar-refractivity contribution is -0.132. The fraction of sp³-hybridized carbons (Fsp3) is 0.571. The van der Waals surface area contributed by atoms with Gasteiger partial charge in [-0.15, -0.1) is 0 Å². The summed E-state index contributed by atoms with van der Waals surface area (Å²) in [6, 6.07) is 1.56. The van der Waals surface area contributed by atoms with E-state index in [1.54, 1.807) is 6.07 Å². The number of carbonyl (C=O) groups is 1. The van der Waals surface area contributed by atoms with Crippen molar-refractivity contribution in [3.05, 3.63) is 0 Å². The van der Waals surface area contributed by atoms with E-state index in [1.807, 2.05) is 6.92 Å². The highest BCUT2D eigenvalue weighted by Gasteiger charge is 2.10. The molecule has 0 N–H and O–H groups in total. The SMILES string of the molecule is CCCO/N=C(/C#N)C(=O)OC. The lowest BCUT2D eigenvalue weighted by Gasteiger charge is -1.96. The van der Waals surface area contributed by atoms with Crippen molar-refractivity contribution < 1.29 is 14.4 Å².